The van der Waals surface area contributed by atoms with Gasteiger partial charge in [-0.15, -0.1) is 0 Å². The summed E-state index contributed by atoms with van der Waals surface area (Å²) in [5, 5.41) is 0. The van der Waals surface area contributed by atoms with Gasteiger partial charge in [0.2, 0.25) is 0 Å². The third-order valence-electron chi connectivity index (χ3n) is 3.04. The van der Waals surface area contributed by atoms with E-state index in [1.54, 1.807) is 0 Å². The molecule has 0 spiro atoms. The molecule has 0 unspecified atom stereocenters. The Morgan fingerprint density at radius 2 is 2.25 bits per heavy atom. The Bertz CT molecular complexity index is 604. The van der Waals surface area contributed by atoms with Crippen LogP contribution in [0.15, 0.2) is 30.4 Å². The van der Waals surface area contributed by atoms with E-state index in [1.165, 1.54) is 0 Å². The van der Waals surface area contributed by atoms with Gasteiger partial charge in [-0.05, 0) is 31.2 Å². The van der Waals surface area contributed by atoms with Crippen LogP contribution in [-0.2, 0) is 13.0 Å². The molecule has 0 saturated carbocycles. The van der Waals surface area contributed by atoms with Gasteiger partial charge in [-0.1, -0.05) is 19.1 Å². The maximum atomic E-state index is 5.67. The minimum atomic E-state index is 0.738. The third kappa shape index (κ3) is 3.37. The lowest BCUT2D eigenvalue weighted by Crippen LogP contribution is -2.05. The smallest absolute Gasteiger partial charge is 0.121 e. The second-order valence-electron chi connectivity index (χ2n) is 5.04. The summed E-state index contributed by atoms with van der Waals surface area (Å²) in [6, 6.07) is 6.11. The molecule has 2 aromatic rings. The van der Waals surface area contributed by atoms with Crippen molar-refractivity contribution in [3.8, 4) is 5.75 Å². The van der Waals surface area contributed by atoms with Crippen LogP contribution in [0.2, 0.25) is 0 Å². The van der Waals surface area contributed by atoms with Crippen LogP contribution in [0.5, 0.6) is 5.75 Å². The number of allylic oxidation sites excluding steroid dienone is 1. The normalized spacial score (nSPS) is 10.9. The van der Waals surface area contributed by atoms with Crippen molar-refractivity contribution in [1.29, 1.82) is 0 Å². The lowest BCUT2D eigenvalue weighted by atomic mass is 10.2. The van der Waals surface area contributed by atoms with Gasteiger partial charge in [0.1, 0.15) is 11.6 Å². The molecule has 0 aliphatic rings. The number of aromatic nitrogens is 2. The molecule has 4 heteroatoms. The predicted molar refractivity (Wildman–Crippen MR) is 87.9 cm³/mol. The SMILES string of the molecule is C=C(C)Cn1c(CCS)nc2cc(OCCC)ccc21. The Morgan fingerprint density at radius 3 is 2.90 bits per heavy atom. The number of thiol groups is 1. The van der Waals surface area contributed by atoms with Gasteiger partial charge in [0.15, 0.2) is 0 Å². The fraction of sp³-hybridized carbons (Fsp3) is 0.438. The Balaban J connectivity index is 2.41. The Labute approximate surface area is 126 Å². The van der Waals surface area contributed by atoms with E-state index in [4.69, 9.17) is 9.72 Å². The van der Waals surface area contributed by atoms with Crippen molar-refractivity contribution >= 4 is 23.7 Å². The first-order valence-electron chi connectivity index (χ1n) is 7.03. The quantitative estimate of drug-likeness (QED) is 0.619. The van der Waals surface area contributed by atoms with Crippen molar-refractivity contribution in [2.24, 2.45) is 0 Å². The monoisotopic (exact) mass is 290 g/mol. The van der Waals surface area contributed by atoms with Gasteiger partial charge in [-0.2, -0.15) is 12.6 Å². The molecule has 0 radical (unpaired) electrons. The molecule has 20 heavy (non-hydrogen) atoms. The molecule has 0 atom stereocenters. The summed E-state index contributed by atoms with van der Waals surface area (Å²) in [5.41, 5.74) is 3.24. The topological polar surface area (TPSA) is 27.1 Å². The minimum absolute atomic E-state index is 0.738. The second-order valence-corrected chi connectivity index (χ2v) is 5.49. The highest BCUT2D eigenvalue weighted by Crippen LogP contribution is 2.23. The Kier molecular flexibility index (Phi) is 5.12. The summed E-state index contributed by atoms with van der Waals surface area (Å²) >= 11 is 4.32. The van der Waals surface area contributed by atoms with Crippen molar-refractivity contribution in [1.82, 2.24) is 9.55 Å². The number of imidazole rings is 1. The van der Waals surface area contributed by atoms with Gasteiger partial charge in [0.05, 0.1) is 17.6 Å². The number of nitrogens with zero attached hydrogens (tertiary/aromatic N) is 2. The molecule has 3 nitrogen and oxygen atoms in total. The fourth-order valence-electron chi connectivity index (χ4n) is 2.21. The van der Waals surface area contributed by atoms with Crippen LogP contribution in [0.1, 0.15) is 26.1 Å². The van der Waals surface area contributed by atoms with E-state index >= 15 is 0 Å². The van der Waals surface area contributed by atoms with Gasteiger partial charge in [0.25, 0.3) is 0 Å². The molecule has 0 fully saturated rings. The van der Waals surface area contributed by atoms with E-state index in [9.17, 15) is 0 Å². The molecule has 0 amide bonds. The van der Waals surface area contributed by atoms with E-state index in [0.717, 1.165) is 59.9 Å². The van der Waals surface area contributed by atoms with E-state index in [2.05, 4.69) is 36.8 Å². The van der Waals surface area contributed by atoms with Crippen molar-refractivity contribution in [3.05, 3.63) is 36.2 Å². The molecule has 108 valence electrons. The van der Waals surface area contributed by atoms with Crippen LogP contribution in [0.4, 0.5) is 0 Å². The molecule has 1 aromatic heterocycles. The minimum Gasteiger partial charge on any atom is -0.494 e. The van der Waals surface area contributed by atoms with Gasteiger partial charge in [-0.25, -0.2) is 4.98 Å². The maximum absolute atomic E-state index is 5.67. The zero-order chi connectivity index (χ0) is 14.5. The summed E-state index contributed by atoms with van der Waals surface area (Å²) < 4.78 is 7.89. The van der Waals surface area contributed by atoms with Gasteiger partial charge in [-0.3, -0.25) is 0 Å². The van der Waals surface area contributed by atoms with E-state index in [-0.39, 0.29) is 0 Å². The van der Waals surface area contributed by atoms with Gasteiger partial charge < -0.3 is 9.30 Å². The molecule has 0 saturated heterocycles. The molecule has 0 aliphatic carbocycles. The van der Waals surface area contributed by atoms with Crippen LogP contribution in [0, 0.1) is 0 Å². The highest BCUT2D eigenvalue weighted by molar-refractivity contribution is 7.80. The molecule has 1 aromatic carbocycles. The number of rotatable bonds is 7. The highest BCUT2D eigenvalue weighted by atomic mass is 32.1. The van der Waals surface area contributed by atoms with Crippen LogP contribution >= 0.6 is 12.6 Å². The predicted octanol–water partition coefficient (Wildman–Crippen LogP) is 3.87. The first-order valence-corrected chi connectivity index (χ1v) is 7.66. The second kappa shape index (κ2) is 6.84. The van der Waals surface area contributed by atoms with Crippen molar-refractivity contribution in [2.45, 2.75) is 33.2 Å². The molecule has 2 rings (SSSR count). The summed E-state index contributed by atoms with van der Waals surface area (Å²) in [6.45, 7) is 9.68. The van der Waals surface area contributed by atoms with Crippen LogP contribution in [0.3, 0.4) is 0 Å². The summed E-state index contributed by atoms with van der Waals surface area (Å²) in [6.07, 6.45) is 1.86. The largest absolute Gasteiger partial charge is 0.494 e. The number of hydrogen-bond donors (Lipinski definition) is 1. The molecule has 0 N–H and O–H groups in total. The third-order valence-corrected chi connectivity index (χ3v) is 3.26. The number of hydrogen-bond acceptors (Lipinski definition) is 3. The lowest BCUT2D eigenvalue weighted by Gasteiger charge is -2.08. The van der Waals surface area contributed by atoms with E-state index in [1.807, 2.05) is 19.1 Å². The Hall–Kier alpha value is -1.42. The van der Waals surface area contributed by atoms with Crippen LogP contribution in [-0.4, -0.2) is 21.9 Å². The molecule has 0 aliphatic heterocycles. The first-order chi connectivity index (χ1) is 9.65. The lowest BCUT2D eigenvalue weighted by molar-refractivity contribution is 0.318. The maximum Gasteiger partial charge on any atom is 0.121 e. The standard InChI is InChI=1S/C16H22N2OS/c1-4-8-19-13-5-6-15-14(10-13)17-16(7-9-20)18(15)11-12(2)3/h5-6,10,20H,2,4,7-9,11H2,1,3H3. The zero-order valence-corrected chi connectivity index (χ0v) is 13.1. The summed E-state index contributed by atoms with van der Waals surface area (Å²) in [5.74, 6) is 2.74. The molecule has 1 heterocycles. The fourth-order valence-corrected chi connectivity index (χ4v) is 2.41. The Morgan fingerprint density at radius 1 is 1.45 bits per heavy atom. The van der Waals surface area contributed by atoms with Gasteiger partial charge in [0, 0.05) is 19.0 Å². The van der Waals surface area contributed by atoms with Crippen molar-refractivity contribution < 1.29 is 4.74 Å². The molecule has 0 bridgehead atoms. The summed E-state index contributed by atoms with van der Waals surface area (Å²) in [4.78, 5) is 4.72. The number of aryl methyl sites for hydroxylation is 1. The highest BCUT2D eigenvalue weighted by Gasteiger charge is 2.11. The number of benzene rings is 1. The first kappa shape index (κ1) is 15.0. The number of fused-ring (bicyclic) bond motifs is 1. The number of ether oxygens (including phenoxy) is 1. The van der Waals surface area contributed by atoms with E-state index in [0.29, 0.717) is 0 Å². The average Bonchev–Trinajstić information content (AvgIpc) is 2.74. The average molecular weight is 290 g/mol. The summed E-state index contributed by atoms with van der Waals surface area (Å²) in [7, 11) is 0. The van der Waals surface area contributed by atoms with E-state index < -0.39 is 0 Å². The van der Waals surface area contributed by atoms with Crippen LogP contribution < -0.4 is 4.74 Å². The zero-order valence-electron chi connectivity index (χ0n) is 12.2. The molecular formula is C16H22N2OS. The van der Waals surface area contributed by atoms with Crippen molar-refractivity contribution in [2.75, 3.05) is 12.4 Å². The van der Waals surface area contributed by atoms with Crippen molar-refractivity contribution in [3.63, 3.8) is 0 Å². The van der Waals surface area contributed by atoms with Crippen LogP contribution in [0.25, 0.3) is 11.0 Å². The molecular weight excluding hydrogens is 268 g/mol. The van der Waals surface area contributed by atoms with Gasteiger partial charge >= 0.3 is 0 Å².